The van der Waals surface area contributed by atoms with E-state index in [1.807, 2.05) is 0 Å². The largest absolute Gasteiger partial charge is 0.494 e. The van der Waals surface area contributed by atoms with Gasteiger partial charge in [0.25, 0.3) is 5.56 Å². The molecular weight excluding hydrogens is 403 g/mol. The van der Waals surface area contributed by atoms with Crippen molar-refractivity contribution < 1.29 is 13.7 Å². The van der Waals surface area contributed by atoms with Crippen molar-refractivity contribution in [2.24, 2.45) is 0 Å². The third-order valence-corrected chi connectivity index (χ3v) is 5.57. The Morgan fingerprint density at radius 3 is 2.90 bits per heavy atom. The number of fused-ring (bicyclic) bond motifs is 1. The fraction of sp³-hybridized carbons (Fsp3) is 0.333. The summed E-state index contributed by atoms with van der Waals surface area (Å²) < 4.78 is 26.0. The zero-order valence-corrected chi connectivity index (χ0v) is 16.9. The Bertz CT molecular complexity index is 1290. The maximum absolute atomic E-state index is 13.9. The summed E-state index contributed by atoms with van der Waals surface area (Å²) in [5, 5.41) is 11.9. The summed E-state index contributed by atoms with van der Waals surface area (Å²) in [7, 11) is 1.42. The average molecular weight is 424 g/mol. The lowest BCUT2D eigenvalue weighted by Crippen LogP contribution is -2.28. The quantitative estimate of drug-likeness (QED) is 0.506. The smallest absolute Gasteiger partial charge is 0.251 e. The standard InChI is InChI=1S/C21H21FN6O3/c1-30-17-3-2-12(8-15(17)22)9-19-26-20(27-31-19)14-11-24-28-16(10-18(29)25-21(14)28)13-4-6-23-7-5-13/h2-3,8,10-11,13,23H,4-7,9H2,1H3,(H,25,29). The molecule has 31 heavy (non-hydrogen) atoms. The maximum Gasteiger partial charge on any atom is 0.251 e. The Balaban J connectivity index is 1.46. The minimum absolute atomic E-state index is 0.176. The first-order valence-electron chi connectivity index (χ1n) is 10.1. The van der Waals surface area contributed by atoms with Crippen molar-refractivity contribution in [2.75, 3.05) is 20.2 Å². The second-order valence-electron chi connectivity index (χ2n) is 7.56. The molecule has 160 valence electrons. The number of nitrogens with zero attached hydrogens (tertiary/aromatic N) is 4. The molecule has 0 aliphatic carbocycles. The van der Waals surface area contributed by atoms with Crippen molar-refractivity contribution in [3.05, 3.63) is 63.8 Å². The van der Waals surface area contributed by atoms with Gasteiger partial charge in [0.15, 0.2) is 11.6 Å². The first-order chi connectivity index (χ1) is 15.1. The van der Waals surface area contributed by atoms with E-state index in [9.17, 15) is 9.18 Å². The van der Waals surface area contributed by atoms with Gasteiger partial charge in [0.05, 0.1) is 31.0 Å². The molecule has 9 nitrogen and oxygen atoms in total. The van der Waals surface area contributed by atoms with E-state index < -0.39 is 5.82 Å². The van der Waals surface area contributed by atoms with Crippen LogP contribution in [0.4, 0.5) is 4.39 Å². The number of hydrogen-bond donors (Lipinski definition) is 2. The molecule has 1 fully saturated rings. The Hall–Kier alpha value is -3.53. The van der Waals surface area contributed by atoms with Crippen LogP contribution >= 0.6 is 0 Å². The van der Waals surface area contributed by atoms with Crippen molar-refractivity contribution in [3.8, 4) is 17.1 Å². The van der Waals surface area contributed by atoms with E-state index in [-0.39, 0.29) is 23.6 Å². The molecule has 0 radical (unpaired) electrons. The van der Waals surface area contributed by atoms with Crippen LogP contribution in [0.1, 0.15) is 35.9 Å². The number of benzene rings is 1. The second-order valence-corrected chi connectivity index (χ2v) is 7.56. The molecule has 0 saturated carbocycles. The number of piperidine rings is 1. The summed E-state index contributed by atoms with van der Waals surface area (Å²) in [6.45, 7) is 1.82. The molecule has 1 aliphatic heterocycles. The molecule has 4 heterocycles. The third-order valence-electron chi connectivity index (χ3n) is 5.57. The number of ether oxygens (including phenoxy) is 1. The van der Waals surface area contributed by atoms with Crippen LogP contribution in [-0.4, -0.2) is 44.9 Å². The van der Waals surface area contributed by atoms with Crippen molar-refractivity contribution in [1.82, 2.24) is 30.1 Å². The van der Waals surface area contributed by atoms with E-state index in [2.05, 4.69) is 25.5 Å². The van der Waals surface area contributed by atoms with Crippen LogP contribution in [0.3, 0.4) is 0 Å². The molecule has 1 aliphatic rings. The zero-order chi connectivity index (χ0) is 21.4. The number of hydrogen-bond acceptors (Lipinski definition) is 7. The molecule has 0 bridgehead atoms. The second kappa shape index (κ2) is 7.95. The van der Waals surface area contributed by atoms with E-state index in [4.69, 9.17) is 9.26 Å². The maximum atomic E-state index is 13.9. The highest BCUT2D eigenvalue weighted by atomic mass is 19.1. The van der Waals surface area contributed by atoms with Gasteiger partial charge in [-0.15, -0.1) is 0 Å². The van der Waals surface area contributed by atoms with E-state index >= 15 is 0 Å². The number of halogens is 1. The molecule has 2 N–H and O–H groups in total. The van der Waals surface area contributed by atoms with Gasteiger partial charge in [-0.05, 0) is 43.6 Å². The lowest BCUT2D eigenvalue weighted by molar-refractivity contribution is 0.381. The zero-order valence-electron chi connectivity index (χ0n) is 16.9. The molecule has 5 rings (SSSR count). The van der Waals surface area contributed by atoms with Crippen LogP contribution in [0.15, 0.2) is 39.8 Å². The van der Waals surface area contributed by atoms with Crippen molar-refractivity contribution in [2.45, 2.75) is 25.2 Å². The predicted molar refractivity (Wildman–Crippen MR) is 110 cm³/mol. The molecule has 4 aromatic rings. The van der Waals surface area contributed by atoms with Crippen molar-refractivity contribution in [1.29, 1.82) is 0 Å². The molecule has 0 spiro atoms. The molecule has 0 atom stereocenters. The van der Waals surface area contributed by atoms with Gasteiger partial charge in [-0.2, -0.15) is 10.1 Å². The highest BCUT2D eigenvalue weighted by molar-refractivity contribution is 5.71. The summed E-state index contributed by atoms with van der Waals surface area (Å²) in [5.74, 6) is 0.623. The minimum Gasteiger partial charge on any atom is -0.494 e. The molecule has 3 aromatic heterocycles. The van der Waals surface area contributed by atoms with E-state index in [0.717, 1.165) is 31.6 Å². The van der Waals surface area contributed by atoms with Gasteiger partial charge in [-0.25, -0.2) is 8.91 Å². The molecular formula is C21H21FN6O3. The number of aromatic amines is 1. The summed E-state index contributed by atoms with van der Waals surface area (Å²) >= 11 is 0. The summed E-state index contributed by atoms with van der Waals surface area (Å²) in [6.07, 6.45) is 3.78. The molecule has 1 aromatic carbocycles. The Morgan fingerprint density at radius 2 is 2.13 bits per heavy atom. The first-order valence-corrected chi connectivity index (χ1v) is 10.1. The fourth-order valence-corrected chi connectivity index (χ4v) is 4.02. The van der Waals surface area contributed by atoms with Crippen molar-refractivity contribution >= 4 is 5.65 Å². The molecule has 1 saturated heterocycles. The number of aromatic nitrogens is 5. The predicted octanol–water partition coefficient (Wildman–Crippen LogP) is 2.28. The van der Waals surface area contributed by atoms with E-state index in [1.54, 1.807) is 28.9 Å². The van der Waals surface area contributed by atoms with Crippen LogP contribution in [0.5, 0.6) is 5.75 Å². The summed E-state index contributed by atoms with van der Waals surface area (Å²) in [5.41, 5.74) is 2.46. The van der Waals surface area contributed by atoms with Crippen LogP contribution in [0.2, 0.25) is 0 Å². The van der Waals surface area contributed by atoms with Gasteiger partial charge in [-0.1, -0.05) is 11.2 Å². The summed E-state index contributed by atoms with van der Waals surface area (Å²) in [6, 6.07) is 6.28. The monoisotopic (exact) mass is 424 g/mol. The topological polar surface area (TPSA) is 110 Å². The SMILES string of the molecule is COc1ccc(Cc2nc(-c3cnn4c(C5CCNCC5)cc(=O)[nH]c34)no2)cc1F. The Kier molecular flexibility index (Phi) is 4.99. The Morgan fingerprint density at radius 1 is 1.29 bits per heavy atom. The minimum atomic E-state index is -0.453. The Labute approximate surface area is 176 Å². The highest BCUT2D eigenvalue weighted by Crippen LogP contribution is 2.27. The molecule has 0 unspecified atom stereocenters. The lowest BCUT2D eigenvalue weighted by atomic mass is 9.94. The number of H-pyrrole nitrogens is 1. The fourth-order valence-electron chi connectivity index (χ4n) is 4.02. The number of rotatable bonds is 5. The highest BCUT2D eigenvalue weighted by Gasteiger charge is 2.22. The van der Waals surface area contributed by atoms with Crippen LogP contribution in [0, 0.1) is 5.82 Å². The van der Waals surface area contributed by atoms with Gasteiger partial charge >= 0.3 is 0 Å². The van der Waals surface area contributed by atoms with Crippen LogP contribution < -0.4 is 15.6 Å². The van der Waals surface area contributed by atoms with Crippen LogP contribution in [-0.2, 0) is 6.42 Å². The number of nitrogens with one attached hydrogen (secondary N) is 2. The van der Waals surface area contributed by atoms with Crippen molar-refractivity contribution in [3.63, 3.8) is 0 Å². The normalized spacial score (nSPS) is 14.9. The lowest BCUT2D eigenvalue weighted by Gasteiger charge is -2.23. The van der Waals surface area contributed by atoms with Crippen LogP contribution in [0.25, 0.3) is 17.0 Å². The third kappa shape index (κ3) is 3.70. The van der Waals surface area contributed by atoms with Gasteiger partial charge in [-0.3, -0.25) is 4.79 Å². The number of methoxy groups -OCH3 is 1. The van der Waals surface area contributed by atoms with Gasteiger partial charge in [0, 0.05) is 12.0 Å². The van der Waals surface area contributed by atoms with E-state index in [1.165, 1.54) is 13.2 Å². The van der Waals surface area contributed by atoms with Gasteiger partial charge < -0.3 is 19.6 Å². The molecule has 10 heteroatoms. The van der Waals surface area contributed by atoms with Gasteiger partial charge in [0.1, 0.15) is 5.65 Å². The first kappa shape index (κ1) is 19.4. The van der Waals surface area contributed by atoms with Gasteiger partial charge in [0.2, 0.25) is 11.7 Å². The van der Waals surface area contributed by atoms with E-state index in [0.29, 0.717) is 28.5 Å². The molecule has 0 amide bonds. The summed E-state index contributed by atoms with van der Waals surface area (Å²) in [4.78, 5) is 19.6. The average Bonchev–Trinajstić information content (AvgIpc) is 3.40.